The Labute approximate surface area is 114 Å². The van der Waals surface area contributed by atoms with Crippen molar-refractivity contribution >= 4 is 5.95 Å². The minimum atomic E-state index is 1.06. The maximum atomic E-state index is 3.31. The molecule has 2 heterocycles. The first-order valence-corrected chi connectivity index (χ1v) is 6.87. The number of rotatable bonds is 3. The second kappa shape index (κ2) is 5.45. The van der Waals surface area contributed by atoms with Gasteiger partial charge in [0.15, 0.2) is 0 Å². The first-order valence-electron chi connectivity index (χ1n) is 6.87. The number of nitrogens with zero attached hydrogens (tertiary/aromatic N) is 3. The van der Waals surface area contributed by atoms with E-state index in [1.54, 1.807) is 0 Å². The zero-order valence-corrected chi connectivity index (χ0v) is 11.4. The molecule has 1 N–H and O–H groups in total. The number of anilines is 1. The van der Waals surface area contributed by atoms with Gasteiger partial charge in [-0.25, -0.2) is 9.55 Å². The number of H-pyrrole nitrogens is 1. The lowest BCUT2D eigenvalue weighted by Crippen LogP contribution is -2.49. The van der Waals surface area contributed by atoms with Gasteiger partial charge in [-0.15, -0.1) is 0 Å². The van der Waals surface area contributed by atoms with E-state index in [2.05, 4.69) is 62.9 Å². The van der Waals surface area contributed by atoms with Crippen molar-refractivity contribution in [3.05, 3.63) is 48.3 Å². The van der Waals surface area contributed by atoms with Gasteiger partial charge in [-0.1, -0.05) is 30.3 Å². The van der Waals surface area contributed by atoms with Crippen LogP contribution in [0.25, 0.3) is 0 Å². The van der Waals surface area contributed by atoms with Crippen LogP contribution in [0.2, 0.25) is 0 Å². The van der Waals surface area contributed by atoms with Gasteiger partial charge < -0.3 is 0 Å². The standard InChI is InChI=1S/C15H20N4/c1-17-8-7-16-15(17)19-11-9-18(10-12-19)13-14-5-3-2-4-6-14/h2-8H,9-13H2,1H3/p+1. The Hall–Kier alpha value is -1.81. The first kappa shape index (κ1) is 12.2. The first-order chi connectivity index (χ1) is 9.33. The number of aromatic nitrogens is 2. The molecule has 19 heavy (non-hydrogen) atoms. The van der Waals surface area contributed by atoms with E-state index in [9.17, 15) is 0 Å². The van der Waals surface area contributed by atoms with Crippen molar-refractivity contribution in [2.45, 2.75) is 6.54 Å². The minimum Gasteiger partial charge on any atom is -0.293 e. The summed E-state index contributed by atoms with van der Waals surface area (Å²) in [6.07, 6.45) is 4.05. The summed E-state index contributed by atoms with van der Waals surface area (Å²) in [7, 11) is 2.09. The summed E-state index contributed by atoms with van der Waals surface area (Å²) in [5.74, 6) is 1.21. The highest BCUT2D eigenvalue weighted by molar-refractivity contribution is 5.24. The maximum Gasteiger partial charge on any atom is 0.357 e. The van der Waals surface area contributed by atoms with Crippen molar-refractivity contribution in [1.29, 1.82) is 0 Å². The molecule has 0 saturated carbocycles. The minimum absolute atomic E-state index is 1.06. The number of hydrogen-bond donors (Lipinski definition) is 1. The van der Waals surface area contributed by atoms with Crippen molar-refractivity contribution in [1.82, 2.24) is 9.88 Å². The fraction of sp³-hybridized carbons (Fsp3) is 0.400. The topological polar surface area (TPSA) is 26.1 Å². The second-order valence-electron chi connectivity index (χ2n) is 5.14. The molecule has 0 unspecified atom stereocenters. The van der Waals surface area contributed by atoms with Crippen LogP contribution in [0.15, 0.2) is 42.7 Å². The van der Waals surface area contributed by atoms with Gasteiger partial charge in [0.1, 0.15) is 0 Å². The summed E-state index contributed by atoms with van der Waals surface area (Å²) in [5.41, 5.74) is 1.40. The zero-order valence-electron chi connectivity index (χ0n) is 11.4. The van der Waals surface area contributed by atoms with Crippen molar-refractivity contribution in [3.8, 4) is 0 Å². The van der Waals surface area contributed by atoms with Crippen LogP contribution in [0, 0.1) is 0 Å². The molecule has 4 nitrogen and oxygen atoms in total. The molecule has 0 radical (unpaired) electrons. The van der Waals surface area contributed by atoms with E-state index < -0.39 is 0 Å². The maximum absolute atomic E-state index is 3.31. The molecule has 0 amide bonds. The average molecular weight is 257 g/mol. The average Bonchev–Trinajstić information content (AvgIpc) is 2.87. The predicted octanol–water partition coefficient (Wildman–Crippen LogP) is 1.16. The monoisotopic (exact) mass is 257 g/mol. The van der Waals surface area contributed by atoms with Crippen molar-refractivity contribution in [2.24, 2.45) is 7.05 Å². The van der Waals surface area contributed by atoms with Gasteiger partial charge >= 0.3 is 5.95 Å². The summed E-state index contributed by atoms with van der Waals surface area (Å²) in [5, 5.41) is 0. The Morgan fingerprint density at radius 3 is 2.47 bits per heavy atom. The van der Waals surface area contributed by atoms with E-state index in [1.807, 2.05) is 6.20 Å². The van der Waals surface area contributed by atoms with Gasteiger partial charge in [0.2, 0.25) is 0 Å². The van der Waals surface area contributed by atoms with E-state index in [4.69, 9.17) is 0 Å². The summed E-state index contributed by atoms with van der Waals surface area (Å²) >= 11 is 0. The number of aromatic amines is 1. The zero-order chi connectivity index (χ0) is 13.1. The largest absolute Gasteiger partial charge is 0.357 e. The van der Waals surface area contributed by atoms with Gasteiger partial charge in [-0.3, -0.25) is 9.80 Å². The lowest BCUT2D eigenvalue weighted by molar-refractivity contribution is -0.657. The summed E-state index contributed by atoms with van der Waals surface area (Å²) in [6, 6.07) is 10.7. The summed E-state index contributed by atoms with van der Waals surface area (Å²) in [6.45, 7) is 5.47. The van der Waals surface area contributed by atoms with Crippen LogP contribution in [0.3, 0.4) is 0 Å². The fourth-order valence-electron chi connectivity index (χ4n) is 2.67. The smallest absolute Gasteiger partial charge is 0.293 e. The van der Waals surface area contributed by atoms with Crippen LogP contribution in [-0.4, -0.2) is 36.1 Å². The highest BCUT2D eigenvalue weighted by Gasteiger charge is 2.24. The molecule has 1 aromatic heterocycles. The van der Waals surface area contributed by atoms with Gasteiger partial charge in [0.05, 0.1) is 32.5 Å². The van der Waals surface area contributed by atoms with E-state index >= 15 is 0 Å². The molecular formula is C15H21N4+. The quantitative estimate of drug-likeness (QED) is 0.835. The lowest BCUT2D eigenvalue weighted by Gasteiger charge is -2.31. The number of imidazole rings is 1. The molecule has 1 saturated heterocycles. The third kappa shape index (κ3) is 2.79. The molecule has 1 aromatic carbocycles. The van der Waals surface area contributed by atoms with Crippen LogP contribution in [-0.2, 0) is 13.6 Å². The second-order valence-corrected chi connectivity index (χ2v) is 5.14. The molecule has 0 spiro atoms. The number of benzene rings is 1. The SMILES string of the molecule is C[n+]1cc[nH]c1N1CCN(Cc2ccccc2)CC1. The van der Waals surface area contributed by atoms with Crippen LogP contribution in [0.4, 0.5) is 5.95 Å². The van der Waals surface area contributed by atoms with E-state index in [-0.39, 0.29) is 0 Å². The number of aryl methyl sites for hydroxylation is 1. The Balaban J connectivity index is 1.57. The van der Waals surface area contributed by atoms with Crippen LogP contribution in [0.1, 0.15) is 5.56 Å². The number of nitrogens with one attached hydrogen (secondary N) is 1. The van der Waals surface area contributed by atoms with Crippen LogP contribution < -0.4 is 9.47 Å². The normalized spacial score (nSPS) is 16.8. The fourth-order valence-corrected chi connectivity index (χ4v) is 2.67. The molecule has 4 heteroatoms. The molecule has 0 aliphatic carbocycles. The van der Waals surface area contributed by atoms with Gasteiger partial charge in [-0.05, 0) is 5.56 Å². The van der Waals surface area contributed by atoms with Gasteiger partial charge in [-0.2, -0.15) is 0 Å². The molecular weight excluding hydrogens is 236 g/mol. The predicted molar refractivity (Wildman–Crippen MR) is 75.9 cm³/mol. The Morgan fingerprint density at radius 2 is 1.84 bits per heavy atom. The molecule has 1 fully saturated rings. The van der Waals surface area contributed by atoms with Crippen molar-refractivity contribution in [2.75, 3.05) is 31.1 Å². The molecule has 1 aliphatic heterocycles. The number of hydrogen-bond acceptors (Lipinski definition) is 2. The molecule has 0 atom stereocenters. The molecule has 2 aromatic rings. The molecule has 100 valence electrons. The van der Waals surface area contributed by atoms with Crippen molar-refractivity contribution in [3.63, 3.8) is 0 Å². The van der Waals surface area contributed by atoms with Gasteiger partial charge in [0.25, 0.3) is 0 Å². The highest BCUT2D eigenvalue weighted by Crippen LogP contribution is 2.11. The van der Waals surface area contributed by atoms with Gasteiger partial charge in [0, 0.05) is 19.6 Å². The third-order valence-corrected chi connectivity index (χ3v) is 3.77. The third-order valence-electron chi connectivity index (χ3n) is 3.77. The Kier molecular flexibility index (Phi) is 3.51. The molecule has 3 rings (SSSR count). The number of piperazine rings is 1. The Bertz CT molecular complexity index is 512. The van der Waals surface area contributed by atoms with Crippen molar-refractivity contribution < 1.29 is 4.57 Å². The Morgan fingerprint density at radius 1 is 1.11 bits per heavy atom. The van der Waals surface area contributed by atoms with E-state index in [0.717, 1.165) is 32.7 Å². The van der Waals surface area contributed by atoms with E-state index in [0.29, 0.717) is 0 Å². The van der Waals surface area contributed by atoms with E-state index in [1.165, 1.54) is 11.5 Å². The summed E-state index contributed by atoms with van der Waals surface area (Å²) < 4.78 is 2.15. The summed E-state index contributed by atoms with van der Waals surface area (Å²) in [4.78, 5) is 8.25. The highest BCUT2D eigenvalue weighted by atomic mass is 15.3. The molecule has 0 bridgehead atoms. The van der Waals surface area contributed by atoms with Crippen LogP contribution >= 0.6 is 0 Å². The molecule has 1 aliphatic rings. The lowest BCUT2D eigenvalue weighted by atomic mass is 10.2. The van der Waals surface area contributed by atoms with Crippen LogP contribution in [0.5, 0.6) is 0 Å².